The lowest BCUT2D eigenvalue weighted by Crippen LogP contribution is -2.15. The number of hydrogen-bond acceptors (Lipinski definition) is 5. The van der Waals surface area contributed by atoms with Crippen LogP contribution in [0.25, 0.3) is 0 Å². The van der Waals surface area contributed by atoms with Crippen molar-refractivity contribution in [3.05, 3.63) is 23.0 Å². The number of ether oxygens (including phenoxy) is 1. The molecule has 0 spiro atoms. The SMILES string of the molecule is CCC(C)OC(=O)CSc1cc(N=C=S)c(F)cc1Cl. The van der Waals surface area contributed by atoms with Gasteiger partial charge in [-0.05, 0) is 37.7 Å². The molecule has 3 nitrogen and oxygen atoms in total. The second-order valence-corrected chi connectivity index (χ2v) is 5.54. The summed E-state index contributed by atoms with van der Waals surface area (Å²) in [5.41, 5.74) is 0.0437. The van der Waals surface area contributed by atoms with Crippen LogP contribution in [0.3, 0.4) is 0 Å². The van der Waals surface area contributed by atoms with Crippen molar-refractivity contribution in [2.45, 2.75) is 31.3 Å². The third kappa shape index (κ3) is 5.21. The minimum Gasteiger partial charge on any atom is -0.462 e. The molecular formula is C13H13ClFNO2S2. The van der Waals surface area contributed by atoms with Crippen LogP contribution >= 0.6 is 35.6 Å². The number of thioether (sulfide) groups is 1. The minimum atomic E-state index is -0.584. The Morgan fingerprint density at radius 1 is 1.65 bits per heavy atom. The topological polar surface area (TPSA) is 38.7 Å². The fourth-order valence-corrected chi connectivity index (χ4v) is 2.39. The molecule has 20 heavy (non-hydrogen) atoms. The zero-order valence-electron chi connectivity index (χ0n) is 11.0. The van der Waals surface area contributed by atoms with Crippen LogP contribution < -0.4 is 0 Å². The number of benzene rings is 1. The molecule has 0 N–H and O–H groups in total. The average Bonchev–Trinajstić information content (AvgIpc) is 2.40. The Kier molecular flexibility index (Phi) is 7.16. The van der Waals surface area contributed by atoms with Gasteiger partial charge in [-0.2, -0.15) is 4.99 Å². The first-order chi connectivity index (χ1) is 9.47. The van der Waals surface area contributed by atoms with E-state index in [1.54, 1.807) is 0 Å². The first-order valence-electron chi connectivity index (χ1n) is 5.87. The van der Waals surface area contributed by atoms with Crippen LogP contribution in [0.1, 0.15) is 20.3 Å². The van der Waals surface area contributed by atoms with Crippen molar-refractivity contribution in [1.82, 2.24) is 0 Å². The molecule has 0 aliphatic rings. The van der Waals surface area contributed by atoms with Crippen molar-refractivity contribution in [2.24, 2.45) is 4.99 Å². The highest BCUT2D eigenvalue weighted by molar-refractivity contribution is 8.00. The maximum Gasteiger partial charge on any atom is 0.316 e. The first kappa shape index (κ1) is 17.1. The lowest BCUT2D eigenvalue weighted by atomic mass is 10.3. The highest BCUT2D eigenvalue weighted by Gasteiger charge is 2.12. The van der Waals surface area contributed by atoms with Crippen molar-refractivity contribution in [3.63, 3.8) is 0 Å². The van der Waals surface area contributed by atoms with Gasteiger partial charge in [0.1, 0.15) is 5.69 Å². The molecule has 1 aromatic carbocycles. The number of isothiocyanates is 1. The number of aliphatic imine (C=N–C) groups is 1. The molecule has 7 heteroatoms. The summed E-state index contributed by atoms with van der Waals surface area (Å²) in [4.78, 5) is 15.7. The van der Waals surface area contributed by atoms with Gasteiger partial charge in [0, 0.05) is 4.90 Å². The van der Waals surface area contributed by atoms with E-state index in [2.05, 4.69) is 22.4 Å². The van der Waals surface area contributed by atoms with E-state index < -0.39 is 5.82 Å². The molecule has 108 valence electrons. The van der Waals surface area contributed by atoms with Crippen LogP contribution in [0.5, 0.6) is 0 Å². The first-order valence-corrected chi connectivity index (χ1v) is 7.64. The fraction of sp³-hybridized carbons (Fsp3) is 0.385. The molecule has 1 unspecified atom stereocenters. The van der Waals surface area contributed by atoms with Crippen LogP contribution in [-0.4, -0.2) is 23.0 Å². The monoisotopic (exact) mass is 333 g/mol. The zero-order valence-corrected chi connectivity index (χ0v) is 13.4. The summed E-state index contributed by atoms with van der Waals surface area (Å²) in [5.74, 6) is -0.834. The number of thiocarbonyl (C=S) groups is 1. The number of esters is 1. The number of hydrogen-bond donors (Lipinski definition) is 0. The van der Waals surface area contributed by atoms with E-state index in [4.69, 9.17) is 16.3 Å². The summed E-state index contributed by atoms with van der Waals surface area (Å²) in [6, 6.07) is 2.56. The largest absolute Gasteiger partial charge is 0.462 e. The van der Waals surface area contributed by atoms with Gasteiger partial charge in [-0.15, -0.1) is 11.8 Å². The highest BCUT2D eigenvalue weighted by atomic mass is 35.5. The van der Waals surface area contributed by atoms with Crippen LogP contribution in [0, 0.1) is 5.82 Å². The van der Waals surface area contributed by atoms with Gasteiger partial charge in [0.25, 0.3) is 0 Å². The van der Waals surface area contributed by atoms with Crippen molar-refractivity contribution in [3.8, 4) is 0 Å². The number of carbonyl (C=O) groups is 1. The van der Waals surface area contributed by atoms with E-state index in [1.165, 1.54) is 6.07 Å². The molecule has 0 aromatic heterocycles. The summed E-state index contributed by atoms with van der Waals surface area (Å²) in [7, 11) is 0. The smallest absolute Gasteiger partial charge is 0.316 e. The van der Waals surface area contributed by atoms with Crippen molar-refractivity contribution >= 4 is 52.4 Å². The maximum absolute atomic E-state index is 13.5. The van der Waals surface area contributed by atoms with Gasteiger partial charge in [0.2, 0.25) is 0 Å². The predicted octanol–water partition coefficient (Wildman–Crippen LogP) is 4.65. The Bertz CT molecular complexity index is 547. The highest BCUT2D eigenvalue weighted by Crippen LogP contribution is 2.33. The van der Waals surface area contributed by atoms with Gasteiger partial charge in [-0.3, -0.25) is 4.79 Å². The molecule has 0 heterocycles. The van der Waals surface area contributed by atoms with Gasteiger partial charge < -0.3 is 4.74 Å². The van der Waals surface area contributed by atoms with Crippen molar-refractivity contribution in [1.29, 1.82) is 0 Å². The Labute approximate surface area is 131 Å². The van der Waals surface area contributed by atoms with Crippen LogP contribution in [0.15, 0.2) is 22.0 Å². The molecule has 0 fully saturated rings. The number of rotatable bonds is 6. The Hall–Kier alpha value is -0.940. The number of nitrogens with zero attached hydrogens (tertiary/aromatic N) is 1. The Morgan fingerprint density at radius 2 is 2.35 bits per heavy atom. The van der Waals surface area contributed by atoms with Crippen molar-refractivity contribution < 1.29 is 13.9 Å². The molecule has 0 saturated carbocycles. The molecule has 1 atom stereocenters. The number of halogens is 2. The second kappa shape index (κ2) is 8.37. The zero-order chi connectivity index (χ0) is 15.1. The maximum atomic E-state index is 13.5. The van der Waals surface area contributed by atoms with E-state index in [1.807, 2.05) is 13.8 Å². The van der Waals surface area contributed by atoms with E-state index in [0.29, 0.717) is 4.90 Å². The van der Waals surface area contributed by atoms with E-state index in [9.17, 15) is 9.18 Å². The van der Waals surface area contributed by atoms with Gasteiger partial charge in [0.15, 0.2) is 5.82 Å². The average molecular weight is 334 g/mol. The summed E-state index contributed by atoms with van der Waals surface area (Å²) in [6.45, 7) is 3.75. The summed E-state index contributed by atoms with van der Waals surface area (Å²) in [5, 5.41) is 2.31. The molecule has 0 saturated heterocycles. The lowest BCUT2D eigenvalue weighted by molar-refractivity contribution is -0.144. The van der Waals surface area contributed by atoms with Gasteiger partial charge >= 0.3 is 5.97 Å². The molecule has 1 rings (SSSR count). The van der Waals surface area contributed by atoms with Crippen molar-refractivity contribution in [2.75, 3.05) is 5.75 Å². The molecule has 0 radical (unpaired) electrons. The van der Waals surface area contributed by atoms with E-state index in [-0.39, 0.29) is 28.5 Å². The summed E-state index contributed by atoms with van der Waals surface area (Å²) >= 11 is 11.5. The van der Waals surface area contributed by atoms with Crippen LogP contribution in [0.4, 0.5) is 10.1 Å². The molecule has 0 aliphatic carbocycles. The third-order valence-corrected chi connectivity index (χ3v) is 3.97. The molecule has 1 aromatic rings. The van der Waals surface area contributed by atoms with Gasteiger partial charge in [-0.1, -0.05) is 18.5 Å². The van der Waals surface area contributed by atoms with Crippen LogP contribution in [-0.2, 0) is 9.53 Å². The summed E-state index contributed by atoms with van der Waals surface area (Å²) < 4.78 is 18.6. The quantitative estimate of drug-likeness (QED) is 0.329. The molecule has 0 bridgehead atoms. The summed E-state index contributed by atoms with van der Waals surface area (Å²) in [6.07, 6.45) is 0.628. The van der Waals surface area contributed by atoms with Gasteiger partial charge in [-0.25, -0.2) is 4.39 Å². The standard InChI is InChI=1S/C13H13ClFNO2S2/c1-3-8(2)18-13(17)6-20-12-5-11(16-7-19)10(15)4-9(12)14/h4-5,8H,3,6H2,1-2H3. The van der Waals surface area contributed by atoms with E-state index in [0.717, 1.165) is 24.2 Å². The van der Waals surface area contributed by atoms with E-state index >= 15 is 0 Å². The molecule has 0 aliphatic heterocycles. The third-order valence-electron chi connectivity index (χ3n) is 2.42. The predicted molar refractivity (Wildman–Crippen MR) is 82.7 cm³/mol. The Morgan fingerprint density at radius 3 is 2.95 bits per heavy atom. The lowest BCUT2D eigenvalue weighted by Gasteiger charge is -2.11. The molecular weight excluding hydrogens is 321 g/mol. The molecule has 0 amide bonds. The van der Waals surface area contributed by atoms with Crippen LogP contribution in [0.2, 0.25) is 5.02 Å². The number of carbonyl (C=O) groups excluding carboxylic acids is 1. The minimum absolute atomic E-state index is 0.0437. The van der Waals surface area contributed by atoms with Gasteiger partial charge in [0.05, 0.1) is 22.0 Å². The normalized spacial score (nSPS) is 11.6. The second-order valence-electron chi connectivity index (χ2n) is 3.93. The fourth-order valence-electron chi connectivity index (χ4n) is 1.24. The Balaban J connectivity index is 2.75.